The van der Waals surface area contributed by atoms with Crippen molar-refractivity contribution in [2.24, 2.45) is 0 Å². The molecule has 134 valence electrons. The Labute approximate surface area is 156 Å². The van der Waals surface area contributed by atoms with Crippen LogP contribution >= 0.6 is 0 Å². The third-order valence-electron chi connectivity index (χ3n) is 3.75. The highest BCUT2D eigenvalue weighted by atomic mass is 16.5. The second-order valence-corrected chi connectivity index (χ2v) is 5.60. The normalized spacial score (nSPS) is 9.93. The zero-order valence-corrected chi connectivity index (χ0v) is 14.5. The second kappa shape index (κ2) is 7.93. The number of phenols is 1. The largest absolute Gasteiger partial charge is 0.508 e. The van der Waals surface area contributed by atoms with Gasteiger partial charge in [0.05, 0.1) is 12.7 Å². The number of nitrogens with one attached hydrogen (secondary N) is 1. The molecule has 0 aliphatic carbocycles. The number of phenolic OH excluding ortho intramolecular Hbond substituents is 1. The average Bonchev–Trinajstić information content (AvgIpc) is 2.70. The molecule has 1 amide bonds. The molecule has 6 heteroatoms. The van der Waals surface area contributed by atoms with Gasteiger partial charge in [-0.3, -0.25) is 4.79 Å². The lowest BCUT2D eigenvalue weighted by Gasteiger charge is -2.10. The molecule has 0 saturated heterocycles. The predicted octanol–water partition coefficient (Wildman–Crippen LogP) is 4.32. The standard InChI is InChI=1S/C21H16N2O4/c1-26-19-4-2-3-14(12-19)21(25)23-16-5-10-20(15(11-16)13-22)27-18-8-6-17(24)7-9-18/h2-12,24H,1H3,(H,23,25). The number of carbonyl (C=O) groups is 1. The minimum atomic E-state index is -0.315. The molecular weight excluding hydrogens is 344 g/mol. The molecule has 0 fully saturated rings. The molecule has 0 bridgehead atoms. The number of benzene rings is 3. The molecule has 0 unspecified atom stereocenters. The summed E-state index contributed by atoms with van der Waals surface area (Å²) in [4.78, 5) is 12.4. The van der Waals surface area contributed by atoms with Crippen LogP contribution in [0.25, 0.3) is 0 Å². The summed E-state index contributed by atoms with van der Waals surface area (Å²) in [7, 11) is 1.53. The highest BCUT2D eigenvalue weighted by Gasteiger charge is 2.11. The molecule has 3 rings (SSSR count). The second-order valence-electron chi connectivity index (χ2n) is 5.60. The Morgan fingerprint density at radius 1 is 1.04 bits per heavy atom. The molecule has 0 saturated carbocycles. The van der Waals surface area contributed by atoms with Crippen LogP contribution in [0.1, 0.15) is 15.9 Å². The van der Waals surface area contributed by atoms with Crippen LogP contribution in [0, 0.1) is 11.3 Å². The highest BCUT2D eigenvalue weighted by molar-refractivity contribution is 6.04. The lowest BCUT2D eigenvalue weighted by Crippen LogP contribution is -2.12. The van der Waals surface area contributed by atoms with Crippen molar-refractivity contribution in [3.8, 4) is 29.1 Å². The molecule has 2 N–H and O–H groups in total. The summed E-state index contributed by atoms with van der Waals surface area (Å²) in [6.45, 7) is 0. The Morgan fingerprint density at radius 2 is 1.81 bits per heavy atom. The number of nitriles is 1. The maximum absolute atomic E-state index is 12.4. The van der Waals surface area contributed by atoms with E-state index in [1.807, 2.05) is 0 Å². The lowest BCUT2D eigenvalue weighted by atomic mass is 10.1. The number of rotatable bonds is 5. The third-order valence-corrected chi connectivity index (χ3v) is 3.75. The lowest BCUT2D eigenvalue weighted by molar-refractivity contribution is 0.102. The van der Waals surface area contributed by atoms with Gasteiger partial charge in [0.1, 0.15) is 29.1 Å². The Bertz CT molecular complexity index is 1010. The van der Waals surface area contributed by atoms with Crippen molar-refractivity contribution in [3.63, 3.8) is 0 Å². The number of nitrogens with zero attached hydrogens (tertiary/aromatic N) is 1. The molecular formula is C21H16N2O4. The Kier molecular flexibility index (Phi) is 5.24. The minimum absolute atomic E-state index is 0.124. The van der Waals surface area contributed by atoms with Crippen molar-refractivity contribution in [1.82, 2.24) is 0 Å². The number of ether oxygens (including phenoxy) is 2. The van der Waals surface area contributed by atoms with E-state index in [0.29, 0.717) is 28.5 Å². The third kappa shape index (κ3) is 4.35. The van der Waals surface area contributed by atoms with Crippen LogP contribution in [0.5, 0.6) is 23.0 Å². The summed E-state index contributed by atoms with van der Waals surface area (Å²) < 4.78 is 10.8. The zero-order valence-electron chi connectivity index (χ0n) is 14.5. The van der Waals surface area contributed by atoms with Crippen LogP contribution in [0.15, 0.2) is 66.7 Å². The van der Waals surface area contributed by atoms with E-state index in [1.54, 1.807) is 48.5 Å². The van der Waals surface area contributed by atoms with Crippen LogP contribution in [0.2, 0.25) is 0 Å². The summed E-state index contributed by atoms with van der Waals surface area (Å²) in [6.07, 6.45) is 0. The fourth-order valence-electron chi connectivity index (χ4n) is 2.39. The van der Waals surface area contributed by atoms with Gasteiger partial charge >= 0.3 is 0 Å². The Balaban J connectivity index is 1.78. The van der Waals surface area contributed by atoms with E-state index in [9.17, 15) is 15.2 Å². The van der Waals surface area contributed by atoms with Gasteiger partial charge in [0, 0.05) is 11.3 Å². The van der Waals surface area contributed by atoms with Gasteiger partial charge in [-0.25, -0.2) is 0 Å². The van der Waals surface area contributed by atoms with E-state index in [2.05, 4.69) is 11.4 Å². The monoisotopic (exact) mass is 360 g/mol. The molecule has 0 aliphatic heterocycles. The van der Waals surface area contributed by atoms with Gasteiger partial charge in [-0.1, -0.05) is 6.07 Å². The number of hydrogen-bond donors (Lipinski definition) is 2. The van der Waals surface area contributed by atoms with E-state index >= 15 is 0 Å². The van der Waals surface area contributed by atoms with Crippen LogP contribution < -0.4 is 14.8 Å². The first kappa shape index (κ1) is 17.8. The summed E-state index contributed by atoms with van der Waals surface area (Å²) in [6, 6.07) is 19.8. The average molecular weight is 360 g/mol. The molecule has 3 aromatic carbocycles. The molecule has 0 aromatic heterocycles. The maximum atomic E-state index is 12.4. The van der Waals surface area contributed by atoms with Gasteiger partial charge in [0.25, 0.3) is 5.91 Å². The van der Waals surface area contributed by atoms with Crippen LogP contribution in [-0.4, -0.2) is 18.1 Å². The Morgan fingerprint density at radius 3 is 2.52 bits per heavy atom. The number of carbonyl (C=O) groups excluding carboxylic acids is 1. The smallest absolute Gasteiger partial charge is 0.255 e. The molecule has 0 aliphatic rings. The van der Waals surface area contributed by atoms with E-state index < -0.39 is 0 Å². The fraction of sp³-hybridized carbons (Fsp3) is 0.0476. The van der Waals surface area contributed by atoms with Gasteiger partial charge in [0.15, 0.2) is 0 Å². The number of methoxy groups -OCH3 is 1. The number of hydrogen-bond acceptors (Lipinski definition) is 5. The highest BCUT2D eigenvalue weighted by Crippen LogP contribution is 2.28. The van der Waals surface area contributed by atoms with Crippen molar-refractivity contribution in [2.45, 2.75) is 0 Å². The molecule has 0 atom stereocenters. The minimum Gasteiger partial charge on any atom is -0.508 e. The van der Waals surface area contributed by atoms with Crippen molar-refractivity contribution in [1.29, 1.82) is 5.26 Å². The van der Waals surface area contributed by atoms with Gasteiger partial charge in [-0.2, -0.15) is 5.26 Å². The first-order valence-corrected chi connectivity index (χ1v) is 8.05. The summed E-state index contributed by atoms with van der Waals surface area (Å²) in [5.41, 5.74) is 1.18. The van der Waals surface area contributed by atoms with Crippen LogP contribution in [0.4, 0.5) is 5.69 Å². The van der Waals surface area contributed by atoms with Crippen molar-refractivity contribution >= 4 is 11.6 Å². The number of amides is 1. The van der Waals surface area contributed by atoms with E-state index in [4.69, 9.17) is 9.47 Å². The fourth-order valence-corrected chi connectivity index (χ4v) is 2.39. The van der Waals surface area contributed by atoms with Gasteiger partial charge in [0.2, 0.25) is 0 Å². The summed E-state index contributed by atoms with van der Waals surface area (Å²) >= 11 is 0. The maximum Gasteiger partial charge on any atom is 0.255 e. The number of anilines is 1. The van der Waals surface area contributed by atoms with Gasteiger partial charge in [-0.15, -0.1) is 0 Å². The quantitative estimate of drug-likeness (QED) is 0.707. The summed E-state index contributed by atoms with van der Waals surface area (Å²) in [5, 5.41) is 21.4. The zero-order chi connectivity index (χ0) is 19.2. The molecule has 0 radical (unpaired) electrons. The number of aromatic hydroxyl groups is 1. The van der Waals surface area contributed by atoms with E-state index in [-0.39, 0.29) is 17.2 Å². The van der Waals surface area contributed by atoms with Crippen LogP contribution in [0.3, 0.4) is 0 Å². The molecule has 3 aromatic rings. The SMILES string of the molecule is COc1cccc(C(=O)Nc2ccc(Oc3ccc(O)cc3)c(C#N)c2)c1. The van der Waals surface area contributed by atoms with E-state index in [1.165, 1.54) is 25.3 Å². The first-order chi connectivity index (χ1) is 13.1. The Hall–Kier alpha value is -3.98. The summed E-state index contributed by atoms with van der Waals surface area (Å²) in [5.74, 6) is 1.22. The molecule has 6 nitrogen and oxygen atoms in total. The van der Waals surface area contributed by atoms with Crippen molar-refractivity contribution < 1.29 is 19.4 Å². The topological polar surface area (TPSA) is 91.6 Å². The molecule has 0 spiro atoms. The molecule has 27 heavy (non-hydrogen) atoms. The van der Waals surface area contributed by atoms with E-state index in [0.717, 1.165) is 0 Å². The first-order valence-electron chi connectivity index (χ1n) is 8.05. The molecule has 0 heterocycles. The van der Waals surface area contributed by atoms with Gasteiger partial charge < -0.3 is 19.9 Å². The van der Waals surface area contributed by atoms with Crippen LogP contribution in [-0.2, 0) is 0 Å². The van der Waals surface area contributed by atoms with Crippen molar-refractivity contribution in [2.75, 3.05) is 12.4 Å². The van der Waals surface area contributed by atoms with Gasteiger partial charge in [-0.05, 0) is 60.7 Å². The predicted molar refractivity (Wildman–Crippen MR) is 100 cm³/mol. The van der Waals surface area contributed by atoms with Crippen molar-refractivity contribution in [3.05, 3.63) is 77.9 Å².